The van der Waals surface area contributed by atoms with Crippen LogP contribution < -0.4 is 4.90 Å². The highest BCUT2D eigenvalue weighted by Gasteiger charge is 2.26. The first kappa shape index (κ1) is 16.6. The van der Waals surface area contributed by atoms with Gasteiger partial charge in [-0.15, -0.1) is 0 Å². The highest BCUT2D eigenvalue weighted by atomic mass is 19.1. The molecule has 6 nitrogen and oxygen atoms in total. The van der Waals surface area contributed by atoms with E-state index in [4.69, 9.17) is 4.52 Å². The van der Waals surface area contributed by atoms with Crippen molar-refractivity contribution in [3.8, 4) is 11.5 Å². The van der Waals surface area contributed by atoms with Gasteiger partial charge in [0.2, 0.25) is 0 Å². The van der Waals surface area contributed by atoms with Crippen molar-refractivity contribution in [2.24, 2.45) is 0 Å². The van der Waals surface area contributed by atoms with E-state index < -0.39 is 0 Å². The number of fused-ring (bicyclic) bond motifs is 1. The Morgan fingerprint density at radius 2 is 1.85 bits per heavy atom. The molecule has 1 aliphatic rings. The summed E-state index contributed by atoms with van der Waals surface area (Å²) in [6.45, 7) is 6.60. The van der Waals surface area contributed by atoms with Crippen LogP contribution in [-0.2, 0) is 4.79 Å². The average molecular weight is 354 g/mol. The molecule has 0 bridgehead atoms. The number of carbonyl (C=O) groups is 1. The number of halogens is 1. The van der Waals surface area contributed by atoms with Gasteiger partial charge < -0.3 is 9.42 Å². The molecule has 0 spiro atoms. The molecule has 0 amide bonds. The summed E-state index contributed by atoms with van der Waals surface area (Å²) < 4.78 is 20.0. The number of piperidine rings is 1. The Labute approximate surface area is 150 Å². The zero-order valence-corrected chi connectivity index (χ0v) is 15.0. The van der Waals surface area contributed by atoms with Crippen molar-refractivity contribution >= 4 is 22.5 Å². The minimum atomic E-state index is -0.356. The van der Waals surface area contributed by atoms with E-state index in [1.54, 1.807) is 6.92 Å². The van der Waals surface area contributed by atoms with Crippen LogP contribution in [0.15, 0.2) is 16.7 Å². The van der Waals surface area contributed by atoms with Gasteiger partial charge in [-0.2, -0.15) is 4.98 Å². The Morgan fingerprint density at radius 1 is 1.12 bits per heavy atom. The third kappa shape index (κ3) is 2.73. The maximum Gasteiger partial charge on any atom is 0.261 e. The lowest BCUT2D eigenvalue weighted by atomic mass is 10.00. The molecule has 134 valence electrons. The largest absolute Gasteiger partial charge is 0.355 e. The summed E-state index contributed by atoms with van der Waals surface area (Å²) in [7, 11) is 0. The summed E-state index contributed by atoms with van der Waals surface area (Å²) in [6.07, 6.45) is 0.912. The molecule has 1 aromatic carbocycles. The molecule has 1 saturated heterocycles. The maximum absolute atomic E-state index is 14.6. The SMILES string of the molecule is Cc1cc(F)c2nc(N3CCC(=O)CC3)c(-c3nc(C)no3)c(C)c2c1. The fourth-order valence-corrected chi connectivity index (χ4v) is 3.45. The summed E-state index contributed by atoms with van der Waals surface area (Å²) in [5, 5.41) is 4.61. The van der Waals surface area contributed by atoms with Crippen LogP contribution in [0.1, 0.15) is 29.8 Å². The van der Waals surface area contributed by atoms with Gasteiger partial charge in [0.25, 0.3) is 5.89 Å². The molecule has 0 saturated carbocycles. The van der Waals surface area contributed by atoms with Crippen molar-refractivity contribution in [2.75, 3.05) is 18.0 Å². The first-order valence-electron chi connectivity index (χ1n) is 8.62. The summed E-state index contributed by atoms with van der Waals surface area (Å²) in [5.74, 6) is 1.35. The topological polar surface area (TPSA) is 72.1 Å². The molecular weight excluding hydrogens is 335 g/mol. The van der Waals surface area contributed by atoms with E-state index in [0.717, 1.165) is 16.5 Å². The number of aryl methyl sites for hydroxylation is 3. The van der Waals surface area contributed by atoms with Crippen LogP contribution in [0.2, 0.25) is 0 Å². The number of rotatable bonds is 2. The van der Waals surface area contributed by atoms with E-state index in [-0.39, 0.29) is 11.6 Å². The smallest absolute Gasteiger partial charge is 0.261 e. The predicted octanol–water partition coefficient (Wildman–Crippen LogP) is 3.52. The van der Waals surface area contributed by atoms with Gasteiger partial charge >= 0.3 is 0 Å². The van der Waals surface area contributed by atoms with Crippen LogP contribution in [0.3, 0.4) is 0 Å². The molecule has 3 aromatic rings. The Balaban J connectivity index is 1.99. The summed E-state index contributed by atoms with van der Waals surface area (Å²) in [5.41, 5.74) is 2.69. The first-order valence-corrected chi connectivity index (χ1v) is 8.62. The number of carbonyl (C=O) groups excluding carboxylic acids is 1. The fraction of sp³-hybridized carbons (Fsp3) is 0.368. The van der Waals surface area contributed by atoms with Gasteiger partial charge in [0.15, 0.2) is 5.82 Å². The van der Waals surface area contributed by atoms with Gasteiger partial charge in [0.1, 0.15) is 22.9 Å². The highest BCUT2D eigenvalue weighted by molar-refractivity contribution is 5.93. The summed E-state index contributed by atoms with van der Waals surface area (Å²) in [6, 6.07) is 3.39. The van der Waals surface area contributed by atoms with Gasteiger partial charge in [-0.25, -0.2) is 9.37 Å². The van der Waals surface area contributed by atoms with Crippen molar-refractivity contribution in [2.45, 2.75) is 33.6 Å². The predicted molar refractivity (Wildman–Crippen MR) is 95.7 cm³/mol. The van der Waals surface area contributed by atoms with Gasteiger partial charge in [-0.3, -0.25) is 4.79 Å². The molecule has 26 heavy (non-hydrogen) atoms. The molecule has 3 heterocycles. The standard InChI is InChI=1S/C19H19FN4O2/c1-10-8-14-11(2)16(19-21-12(3)23-26-19)18(22-17(14)15(20)9-10)24-6-4-13(25)5-7-24/h8-9H,4-7H2,1-3H3. The lowest BCUT2D eigenvalue weighted by Crippen LogP contribution is -2.34. The molecule has 0 aliphatic carbocycles. The molecule has 2 aromatic heterocycles. The van der Waals surface area contributed by atoms with E-state index >= 15 is 0 Å². The second-order valence-electron chi connectivity index (χ2n) is 6.75. The van der Waals surface area contributed by atoms with Crippen LogP contribution in [0, 0.1) is 26.6 Å². The zero-order valence-electron chi connectivity index (χ0n) is 15.0. The molecule has 1 fully saturated rings. The number of hydrogen-bond donors (Lipinski definition) is 0. The number of benzene rings is 1. The third-order valence-electron chi connectivity index (χ3n) is 4.79. The molecule has 0 unspecified atom stereocenters. The second kappa shape index (κ2) is 6.16. The second-order valence-corrected chi connectivity index (χ2v) is 6.75. The zero-order chi connectivity index (χ0) is 18.4. The summed E-state index contributed by atoms with van der Waals surface area (Å²) >= 11 is 0. The van der Waals surface area contributed by atoms with E-state index in [0.29, 0.717) is 54.5 Å². The molecular formula is C19H19FN4O2. The number of aromatic nitrogens is 3. The average Bonchev–Trinajstić information content (AvgIpc) is 3.02. The van der Waals surface area contributed by atoms with Crippen LogP contribution in [0.4, 0.5) is 10.2 Å². The van der Waals surface area contributed by atoms with Crippen LogP contribution in [-0.4, -0.2) is 34.0 Å². The van der Waals surface area contributed by atoms with Crippen LogP contribution >= 0.6 is 0 Å². The quantitative estimate of drug-likeness (QED) is 0.701. The molecule has 0 atom stereocenters. The number of nitrogens with zero attached hydrogens (tertiary/aromatic N) is 4. The van der Waals surface area contributed by atoms with Crippen molar-refractivity contribution < 1.29 is 13.7 Å². The molecule has 0 N–H and O–H groups in total. The Bertz CT molecular complexity index is 1020. The lowest BCUT2D eigenvalue weighted by Gasteiger charge is -2.29. The Morgan fingerprint density at radius 3 is 2.50 bits per heavy atom. The summed E-state index contributed by atoms with van der Waals surface area (Å²) in [4.78, 5) is 22.6. The van der Waals surface area contributed by atoms with E-state index in [9.17, 15) is 9.18 Å². The number of hydrogen-bond acceptors (Lipinski definition) is 6. The molecule has 1 aliphatic heterocycles. The van der Waals surface area contributed by atoms with Crippen LogP contribution in [0.5, 0.6) is 0 Å². The minimum absolute atomic E-state index is 0.232. The highest BCUT2D eigenvalue weighted by Crippen LogP contribution is 2.37. The third-order valence-corrected chi connectivity index (χ3v) is 4.79. The fourth-order valence-electron chi connectivity index (χ4n) is 3.45. The Kier molecular flexibility index (Phi) is 3.94. The van der Waals surface area contributed by atoms with Gasteiger partial charge in [-0.1, -0.05) is 5.16 Å². The number of Topliss-reactive ketones (excluding diaryl/α,β-unsaturated/α-hetero) is 1. The van der Waals surface area contributed by atoms with Crippen molar-refractivity contribution in [3.63, 3.8) is 0 Å². The van der Waals surface area contributed by atoms with Gasteiger partial charge in [0.05, 0.1) is 5.56 Å². The lowest BCUT2D eigenvalue weighted by molar-refractivity contribution is -0.119. The Hall–Kier alpha value is -2.83. The number of anilines is 1. The number of pyridine rings is 1. The van der Waals surface area contributed by atoms with Gasteiger partial charge in [-0.05, 0) is 44.0 Å². The monoisotopic (exact) mass is 354 g/mol. The van der Waals surface area contributed by atoms with E-state index in [1.807, 2.05) is 24.8 Å². The minimum Gasteiger partial charge on any atom is -0.355 e. The van der Waals surface area contributed by atoms with Crippen molar-refractivity contribution in [3.05, 3.63) is 34.9 Å². The first-order chi connectivity index (χ1) is 12.4. The van der Waals surface area contributed by atoms with Crippen molar-refractivity contribution in [1.29, 1.82) is 0 Å². The van der Waals surface area contributed by atoms with Crippen molar-refractivity contribution in [1.82, 2.24) is 15.1 Å². The van der Waals surface area contributed by atoms with Crippen LogP contribution in [0.25, 0.3) is 22.4 Å². The maximum atomic E-state index is 14.6. The normalized spacial score (nSPS) is 15.1. The van der Waals surface area contributed by atoms with Gasteiger partial charge in [0, 0.05) is 31.3 Å². The van der Waals surface area contributed by atoms with E-state index in [1.165, 1.54) is 6.07 Å². The molecule has 7 heteroatoms. The molecule has 0 radical (unpaired) electrons. The molecule has 4 rings (SSSR count). The van der Waals surface area contributed by atoms with E-state index in [2.05, 4.69) is 15.1 Å². The number of ketones is 1.